The Bertz CT molecular complexity index is 737. The maximum atomic E-state index is 7.74. The van der Waals surface area contributed by atoms with Crippen LogP contribution in [0, 0.1) is 0 Å². The van der Waals surface area contributed by atoms with Gasteiger partial charge in [-0.25, -0.2) is 0 Å². The lowest BCUT2D eigenvalue weighted by molar-refractivity contribution is 0.699. The van der Waals surface area contributed by atoms with Gasteiger partial charge in [-0.1, -0.05) is 55.8 Å². The van der Waals surface area contributed by atoms with Crippen LogP contribution < -0.4 is 0 Å². The minimum atomic E-state index is 0.412. The van der Waals surface area contributed by atoms with Crippen LogP contribution in [0.1, 0.15) is 38.2 Å². The van der Waals surface area contributed by atoms with Crippen molar-refractivity contribution in [1.82, 2.24) is 4.98 Å². The predicted octanol–water partition coefficient (Wildman–Crippen LogP) is 5.17. The normalized spacial score (nSPS) is 13.2. The zero-order chi connectivity index (χ0) is 14.7. The summed E-state index contributed by atoms with van der Waals surface area (Å²) in [4.78, 5) is 4.31. The van der Waals surface area contributed by atoms with E-state index in [1.165, 1.54) is 11.1 Å². The molecule has 1 nitrogen and oxygen atoms in total. The number of rotatable bonds is 4. The third kappa shape index (κ3) is 2.57. The summed E-state index contributed by atoms with van der Waals surface area (Å²) in [6.45, 7) is 2.22. The van der Waals surface area contributed by atoms with Crippen molar-refractivity contribution in [2.75, 3.05) is 0 Å². The van der Waals surface area contributed by atoms with E-state index in [1.807, 2.05) is 6.07 Å². The van der Waals surface area contributed by atoms with E-state index in [-0.39, 0.29) is 0 Å². The van der Waals surface area contributed by atoms with Crippen LogP contribution >= 0.6 is 0 Å². The van der Waals surface area contributed by atoms with Crippen molar-refractivity contribution in [2.24, 2.45) is 0 Å². The summed E-state index contributed by atoms with van der Waals surface area (Å²) in [6, 6.07) is 19.4. The number of hydrogen-bond donors (Lipinski definition) is 0. The van der Waals surface area contributed by atoms with Gasteiger partial charge in [0.25, 0.3) is 0 Å². The van der Waals surface area contributed by atoms with Gasteiger partial charge in [0.15, 0.2) is 0 Å². The van der Waals surface area contributed by atoms with Gasteiger partial charge in [-0.15, -0.1) is 0 Å². The van der Waals surface area contributed by atoms with Crippen LogP contribution in [0.15, 0.2) is 66.8 Å². The molecule has 1 atom stereocenters. The Labute approximate surface area is 121 Å². The summed E-state index contributed by atoms with van der Waals surface area (Å²) in [7, 11) is 0. The highest BCUT2D eigenvalue weighted by Gasteiger charge is 2.13. The van der Waals surface area contributed by atoms with Gasteiger partial charge < -0.3 is 0 Å². The van der Waals surface area contributed by atoms with E-state index in [4.69, 9.17) is 1.37 Å². The van der Waals surface area contributed by atoms with E-state index >= 15 is 0 Å². The second-order valence-electron chi connectivity index (χ2n) is 5.14. The van der Waals surface area contributed by atoms with E-state index in [9.17, 15) is 0 Å². The maximum Gasteiger partial charge on any atom is 0.0702 e. The lowest BCUT2D eigenvalue weighted by atomic mass is 9.87. The third-order valence-corrected chi connectivity index (χ3v) is 3.75. The molecule has 0 saturated carbocycles. The molecule has 100 valence electrons. The maximum absolute atomic E-state index is 7.74. The third-order valence-electron chi connectivity index (χ3n) is 3.75. The van der Waals surface area contributed by atoms with Crippen molar-refractivity contribution in [1.29, 1.82) is 0 Å². The monoisotopic (exact) mass is 262 g/mol. The van der Waals surface area contributed by atoms with Crippen LogP contribution in [0.5, 0.6) is 0 Å². The molecular formula is C19H19N. The molecule has 3 aromatic rings. The molecule has 0 N–H and O–H groups in total. The quantitative estimate of drug-likeness (QED) is 0.632. The summed E-state index contributed by atoms with van der Waals surface area (Å²) in [5, 5.41) is 1.05. The van der Waals surface area contributed by atoms with Gasteiger partial charge in [0, 0.05) is 17.5 Å². The minimum Gasteiger partial charge on any atom is -0.256 e. The summed E-state index contributed by atoms with van der Waals surface area (Å²) in [6.07, 6.45) is 3.88. The Morgan fingerprint density at radius 2 is 1.90 bits per heavy atom. The molecule has 3 rings (SSSR count). The molecule has 0 fully saturated rings. The highest BCUT2D eigenvalue weighted by atomic mass is 14.6. The molecule has 0 spiro atoms. The van der Waals surface area contributed by atoms with Gasteiger partial charge in [0.2, 0.25) is 0 Å². The number of pyridine rings is 1. The van der Waals surface area contributed by atoms with E-state index in [0.717, 1.165) is 23.7 Å². The van der Waals surface area contributed by atoms with Crippen molar-refractivity contribution in [3.05, 3.63) is 78.0 Å². The molecule has 0 aliphatic rings. The van der Waals surface area contributed by atoms with Crippen LogP contribution in [-0.2, 0) is 0 Å². The van der Waals surface area contributed by atoms with Gasteiger partial charge in [-0.05, 0) is 35.7 Å². The fraction of sp³-hybridized carbons (Fsp3) is 0.211. The predicted molar refractivity (Wildman–Crippen MR) is 84.9 cm³/mol. The van der Waals surface area contributed by atoms with E-state index < -0.39 is 0 Å². The van der Waals surface area contributed by atoms with E-state index in [2.05, 4.69) is 60.4 Å². The first-order valence-electron chi connectivity index (χ1n) is 7.69. The number of aromatic nitrogens is 1. The first kappa shape index (κ1) is 11.7. The number of benzene rings is 2. The smallest absolute Gasteiger partial charge is 0.0702 e. The van der Waals surface area contributed by atoms with Gasteiger partial charge in [0.1, 0.15) is 0 Å². The summed E-state index contributed by atoms with van der Waals surface area (Å²) >= 11 is 0. The lowest BCUT2D eigenvalue weighted by Gasteiger charge is -2.17. The van der Waals surface area contributed by atoms with Crippen LogP contribution in [0.4, 0.5) is 0 Å². The fourth-order valence-corrected chi connectivity index (χ4v) is 2.76. The molecule has 0 radical (unpaired) electrons. The second-order valence-corrected chi connectivity index (χ2v) is 5.14. The zero-order valence-electron chi connectivity index (χ0n) is 12.7. The highest BCUT2D eigenvalue weighted by molar-refractivity contribution is 5.79. The molecule has 20 heavy (non-hydrogen) atoms. The molecule has 0 aliphatic carbocycles. The number of hydrogen-bond acceptors (Lipinski definition) is 1. The van der Waals surface area contributed by atoms with E-state index in [0.29, 0.717) is 12.0 Å². The highest BCUT2D eigenvalue weighted by Crippen LogP contribution is 2.30. The van der Waals surface area contributed by atoms with Crippen LogP contribution in [-0.4, -0.2) is 4.98 Å². The van der Waals surface area contributed by atoms with Crippen LogP contribution in [0.25, 0.3) is 10.9 Å². The number of fused-ring (bicyclic) bond motifs is 1. The van der Waals surface area contributed by atoms with Crippen molar-refractivity contribution in [2.45, 2.75) is 25.7 Å². The van der Waals surface area contributed by atoms with Crippen molar-refractivity contribution in [3.63, 3.8) is 0 Å². The minimum absolute atomic E-state index is 0.412. The Morgan fingerprint density at radius 1 is 1.05 bits per heavy atom. The van der Waals surface area contributed by atoms with Crippen LogP contribution in [0.3, 0.4) is 0 Å². The van der Waals surface area contributed by atoms with Crippen molar-refractivity contribution >= 4 is 10.9 Å². The Balaban J connectivity index is 2.07. The summed E-state index contributed by atoms with van der Waals surface area (Å²) in [5.74, 6) is 0.412. The molecule has 1 heteroatoms. The van der Waals surface area contributed by atoms with Gasteiger partial charge in [0.05, 0.1) is 6.89 Å². The Hall–Kier alpha value is -2.15. The standard InChI is InChI=1S/C19H19N/c1-2-7-18(15-8-4-3-5-9-15)16-11-12-19-17(14-16)10-6-13-20-19/h3-6,8-14,18H,2,7H2,1H3/i6D. The molecule has 0 saturated heterocycles. The molecule has 2 aromatic carbocycles. The average Bonchev–Trinajstić information content (AvgIpc) is 2.52. The Kier molecular flexibility index (Phi) is 3.42. The average molecular weight is 262 g/mol. The van der Waals surface area contributed by atoms with Crippen LogP contribution in [0.2, 0.25) is 0 Å². The largest absolute Gasteiger partial charge is 0.256 e. The molecule has 1 heterocycles. The van der Waals surface area contributed by atoms with Crippen molar-refractivity contribution in [3.8, 4) is 0 Å². The topological polar surface area (TPSA) is 12.9 Å². The zero-order valence-corrected chi connectivity index (χ0v) is 11.7. The molecular weight excluding hydrogens is 242 g/mol. The number of nitrogens with zero attached hydrogens (tertiary/aromatic N) is 1. The first-order valence-corrected chi connectivity index (χ1v) is 7.19. The van der Waals surface area contributed by atoms with Gasteiger partial charge in [-0.2, -0.15) is 0 Å². The Morgan fingerprint density at radius 3 is 2.70 bits per heavy atom. The molecule has 1 aromatic heterocycles. The summed E-state index contributed by atoms with van der Waals surface area (Å²) < 4.78 is 7.74. The molecule has 1 unspecified atom stereocenters. The summed E-state index contributed by atoms with van der Waals surface area (Å²) in [5.41, 5.74) is 3.62. The molecule has 0 amide bonds. The lowest BCUT2D eigenvalue weighted by Crippen LogP contribution is -2.00. The van der Waals surface area contributed by atoms with E-state index in [1.54, 1.807) is 6.20 Å². The molecule has 0 bridgehead atoms. The first-order chi connectivity index (χ1) is 10.3. The van der Waals surface area contributed by atoms with Gasteiger partial charge in [-0.3, -0.25) is 4.98 Å². The van der Waals surface area contributed by atoms with Gasteiger partial charge >= 0.3 is 0 Å². The second kappa shape index (κ2) is 5.87. The molecule has 0 aliphatic heterocycles. The SMILES string of the molecule is [2H]c1cnc2ccc(C(CCC)c3ccccc3)cc2c1. The van der Waals surface area contributed by atoms with Crippen molar-refractivity contribution < 1.29 is 1.37 Å². The fourth-order valence-electron chi connectivity index (χ4n) is 2.76.